The zero-order valence-corrected chi connectivity index (χ0v) is 14.6. The molecule has 1 heterocycles. The second kappa shape index (κ2) is 7.62. The average molecular weight is 379 g/mol. The van der Waals surface area contributed by atoms with Crippen molar-refractivity contribution in [2.24, 2.45) is 0 Å². The summed E-state index contributed by atoms with van der Waals surface area (Å²) in [6.45, 7) is 1.57. The molecule has 0 N–H and O–H groups in total. The molecule has 0 amide bonds. The third kappa shape index (κ3) is 3.83. The predicted octanol–water partition coefficient (Wildman–Crippen LogP) is 4.23. The molecule has 9 nitrogen and oxygen atoms in total. The number of rotatable bonds is 6. The van der Waals surface area contributed by atoms with E-state index < -0.39 is 27.1 Å². The van der Waals surface area contributed by atoms with Gasteiger partial charge in [0.15, 0.2) is 5.78 Å². The molecule has 2 aromatic carbocycles. The maximum Gasteiger partial charge on any atom is 0.407 e. The lowest BCUT2D eigenvalue weighted by atomic mass is 10.0. The number of benzene rings is 2. The maximum atomic E-state index is 12.5. The summed E-state index contributed by atoms with van der Waals surface area (Å²) in [7, 11) is 0. The monoisotopic (exact) mass is 379 g/mol. The van der Waals surface area contributed by atoms with Gasteiger partial charge in [-0.1, -0.05) is 30.3 Å². The number of aryl methyl sites for hydroxylation is 1. The first-order chi connectivity index (χ1) is 13.4. The normalized spacial score (nSPS) is 10.3. The number of carbonyl (C=O) groups excluding carboxylic acids is 1. The van der Waals surface area contributed by atoms with Crippen LogP contribution in [0.25, 0.3) is 0 Å². The largest absolute Gasteiger partial charge is 0.441 e. The Kier molecular flexibility index (Phi) is 5.07. The van der Waals surface area contributed by atoms with Crippen LogP contribution in [-0.2, 0) is 0 Å². The Morgan fingerprint density at radius 1 is 0.893 bits per heavy atom. The summed E-state index contributed by atoms with van der Waals surface area (Å²) in [5.74, 6) is -1.42. The van der Waals surface area contributed by atoms with Crippen molar-refractivity contribution in [3.63, 3.8) is 0 Å². The number of carbonyl (C=O) groups is 1. The lowest BCUT2D eigenvalue weighted by Gasteiger charge is -2.08. The van der Waals surface area contributed by atoms with Gasteiger partial charge in [0.05, 0.1) is 4.92 Å². The Bertz CT molecular complexity index is 1080. The highest BCUT2D eigenvalue weighted by Gasteiger charge is 2.24. The van der Waals surface area contributed by atoms with E-state index in [1.807, 2.05) is 0 Å². The minimum Gasteiger partial charge on any atom is -0.441 e. The molecule has 0 atom stereocenters. The number of ether oxygens (including phenoxy) is 1. The smallest absolute Gasteiger partial charge is 0.407 e. The number of hydrogen-bond donors (Lipinski definition) is 0. The van der Waals surface area contributed by atoms with Crippen LogP contribution in [0.3, 0.4) is 0 Å². The Hall–Kier alpha value is -4.14. The van der Waals surface area contributed by atoms with Gasteiger partial charge < -0.3 is 14.9 Å². The van der Waals surface area contributed by atoms with Gasteiger partial charge in [-0.2, -0.15) is 0 Å². The number of nitro benzene ring substituents is 1. The summed E-state index contributed by atoms with van der Waals surface area (Å²) >= 11 is 0. The lowest BCUT2D eigenvalue weighted by molar-refractivity contribution is -0.391. The van der Waals surface area contributed by atoms with Gasteiger partial charge >= 0.3 is 11.5 Å². The Balaban J connectivity index is 2.01. The summed E-state index contributed by atoms with van der Waals surface area (Å²) in [4.78, 5) is 37.5. The molecule has 1 aromatic heterocycles. The molecule has 0 spiro atoms. The van der Waals surface area contributed by atoms with Crippen molar-refractivity contribution < 1.29 is 19.4 Å². The van der Waals surface area contributed by atoms with Gasteiger partial charge in [0.2, 0.25) is 11.5 Å². The maximum absolute atomic E-state index is 12.5. The van der Waals surface area contributed by atoms with Gasteiger partial charge in [0, 0.05) is 24.1 Å². The Morgan fingerprint density at radius 3 is 2.21 bits per heavy atom. The predicted molar refractivity (Wildman–Crippen MR) is 98.7 cm³/mol. The fourth-order valence-corrected chi connectivity index (χ4v) is 2.50. The molecule has 140 valence electrons. The van der Waals surface area contributed by atoms with Crippen molar-refractivity contribution in [3.8, 4) is 11.5 Å². The van der Waals surface area contributed by atoms with Gasteiger partial charge in [0.25, 0.3) is 0 Å². The van der Waals surface area contributed by atoms with Crippen LogP contribution in [0, 0.1) is 27.2 Å². The molecule has 0 aliphatic carbocycles. The number of ketones is 1. The van der Waals surface area contributed by atoms with Crippen molar-refractivity contribution >= 4 is 17.3 Å². The Morgan fingerprint density at radius 2 is 1.57 bits per heavy atom. The highest BCUT2D eigenvalue weighted by molar-refractivity contribution is 6.09. The molecule has 0 saturated carbocycles. The SMILES string of the molecule is Cc1ccc(Oc2ccc(C(=O)c3ccccc3)cc2[N+](=O)[O-])c([N+](=O)[O-])n1. The molecule has 0 fully saturated rings. The highest BCUT2D eigenvalue weighted by atomic mass is 16.6. The van der Waals surface area contributed by atoms with Crippen molar-refractivity contribution in [1.29, 1.82) is 0 Å². The molecule has 0 aliphatic heterocycles. The first-order valence-electron chi connectivity index (χ1n) is 8.05. The zero-order chi connectivity index (χ0) is 20.3. The van der Waals surface area contributed by atoms with Crippen LogP contribution in [0.15, 0.2) is 60.7 Å². The second-order valence-corrected chi connectivity index (χ2v) is 5.77. The number of hydrogen-bond acceptors (Lipinski definition) is 7. The molecule has 3 rings (SSSR count). The summed E-state index contributed by atoms with van der Waals surface area (Å²) in [6.07, 6.45) is 0. The molecule has 0 radical (unpaired) electrons. The van der Waals surface area contributed by atoms with Crippen molar-refractivity contribution in [1.82, 2.24) is 4.98 Å². The van der Waals surface area contributed by atoms with E-state index in [1.165, 1.54) is 24.3 Å². The number of nitro groups is 2. The van der Waals surface area contributed by atoms with E-state index in [0.29, 0.717) is 11.3 Å². The number of aromatic nitrogens is 1. The minimum atomic E-state index is -0.735. The quantitative estimate of drug-likeness (QED) is 0.356. The third-order valence-electron chi connectivity index (χ3n) is 3.83. The van der Waals surface area contributed by atoms with Crippen LogP contribution in [0.4, 0.5) is 11.5 Å². The standard InChI is InChI=1S/C19H13N3O6/c1-12-7-9-17(19(20-12)22(26)27)28-16-10-8-14(11-15(16)21(24)25)18(23)13-5-3-2-4-6-13/h2-11H,1H3. The molecule has 0 unspecified atom stereocenters. The summed E-state index contributed by atoms with van der Waals surface area (Å²) in [5, 5.41) is 22.6. The third-order valence-corrected chi connectivity index (χ3v) is 3.83. The van der Waals surface area contributed by atoms with Crippen LogP contribution < -0.4 is 4.74 Å². The van der Waals surface area contributed by atoms with Crippen LogP contribution >= 0.6 is 0 Å². The van der Waals surface area contributed by atoms with Crippen molar-refractivity contribution in [3.05, 3.63) is 97.7 Å². The fourth-order valence-electron chi connectivity index (χ4n) is 2.50. The molecular formula is C19H13N3O6. The van der Waals surface area contributed by atoms with Gasteiger partial charge in [-0.05, 0) is 34.2 Å². The van der Waals surface area contributed by atoms with E-state index in [2.05, 4.69) is 4.98 Å². The van der Waals surface area contributed by atoms with E-state index in [9.17, 15) is 25.0 Å². The van der Waals surface area contributed by atoms with Crippen molar-refractivity contribution in [2.45, 2.75) is 6.92 Å². The molecule has 3 aromatic rings. The van der Waals surface area contributed by atoms with Crippen molar-refractivity contribution in [2.75, 3.05) is 0 Å². The van der Waals surface area contributed by atoms with E-state index in [0.717, 1.165) is 6.07 Å². The average Bonchev–Trinajstić information content (AvgIpc) is 2.69. The highest BCUT2D eigenvalue weighted by Crippen LogP contribution is 2.36. The molecule has 0 bridgehead atoms. The summed E-state index contributed by atoms with van der Waals surface area (Å²) < 4.78 is 5.40. The van der Waals surface area contributed by atoms with E-state index in [-0.39, 0.29) is 17.1 Å². The van der Waals surface area contributed by atoms with Crippen LogP contribution in [0.2, 0.25) is 0 Å². The van der Waals surface area contributed by atoms with Gasteiger partial charge in [0.1, 0.15) is 5.69 Å². The first-order valence-corrected chi connectivity index (χ1v) is 8.05. The number of pyridine rings is 1. The molecule has 0 saturated heterocycles. The molecule has 0 aliphatic rings. The van der Waals surface area contributed by atoms with E-state index in [4.69, 9.17) is 4.74 Å². The van der Waals surface area contributed by atoms with E-state index in [1.54, 1.807) is 37.3 Å². The fraction of sp³-hybridized carbons (Fsp3) is 0.0526. The minimum absolute atomic E-state index is 0.0989. The topological polar surface area (TPSA) is 125 Å². The van der Waals surface area contributed by atoms with Crippen LogP contribution in [-0.4, -0.2) is 20.6 Å². The van der Waals surface area contributed by atoms with Gasteiger partial charge in [-0.3, -0.25) is 14.9 Å². The molecular weight excluding hydrogens is 366 g/mol. The van der Waals surface area contributed by atoms with Crippen LogP contribution in [0.1, 0.15) is 21.6 Å². The first kappa shape index (κ1) is 18.6. The van der Waals surface area contributed by atoms with Gasteiger partial charge in [-0.25, -0.2) is 0 Å². The second-order valence-electron chi connectivity index (χ2n) is 5.77. The zero-order valence-electron chi connectivity index (χ0n) is 14.6. The molecule has 9 heteroatoms. The Labute approximate surface area is 158 Å². The summed E-state index contributed by atoms with van der Waals surface area (Å²) in [5.41, 5.74) is 0.389. The van der Waals surface area contributed by atoms with Gasteiger partial charge in [-0.15, -0.1) is 0 Å². The summed E-state index contributed by atoms with van der Waals surface area (Å²) in [6, 6.07) is 14.8. The number of nitrogens with zero attached hydrogens (tertiary/aromatic N) is 3. The lowest BCUT2D eigenvalue weighted by Crippen LogP contribution is -2.03. The molecule has 28 heavy (non-hydrogen) atoms. The van der Waals surface area contributed by atoms with Crippen LogP contribution in [0.5, 0.6) is 11.5 Å². The van der Waals surface area contributed by atoms with E-state index >= 15 is 0 Å².